The van der Waals surface area contributed by atoms with E-state index in [9.17, 15) is 4.79 Å². The number of likely N-dealkylation sites (N-methyl/N-ethyl adjacent to an activating group) is 1. The maximum Gasteiger partial charge on any atom is 0.227 e. The van der Waals surface area contributed by atoms with Crippen molar-refractivity contribution in [1.29, 1.82) is 0 Å². The summed E-state index contributed by atoms with van der Waals surface area (Å²) in [6.45, 7) is 10.7. The lowest BCUT2D eigenvalue weighted by Crippen LogP contribution is -2.44. The van der Waals surface area contributed by atoms with Gasteiger partial charge in [0.15, 0.2) is 0 Å². The van der Waals surface area contributed by atoms with Gasteiger partial charge in [0.1, 0.15) is 0 Å². The van der Waals surface area contributed by atoms with Gasteiger partial charge in [0, 0.05) is 13.1 Å². The van der Waals surface area contributed by atoms with E-state index in [0.717, 1.165) is 32.6 Å². The molecule has 0 saturated carbocycles. The van der Waals surface area contributed by atoms with Crippen molar-refractivity contribution in [2.75, 3.05) is 32.7 Å². The third-order valence-corrected chi connectivity index (χ3v) is 4.81. The van der Waals surface area contributed by atoms with Crippen LogP contribution >= 0.6 is 24.8 Å². The maximum atomic E-state index is 12.5. The summed E-state index contributed by atoms with van der Waals surface area (Å²) < 4.78 is 0. The molecular formula is C18H31Cl2N3O. The smallest absolute Gasteiger partial charge is 0.227 e. The van der Waals surface area contributed by atoms with Gasteiger partial charge < -0.3 is 10.6 Å². The van der Waals surface area contributed by atoms with Crippen molar-refractivity contribution < 1.29 is 4.79 Å². The number of hydrogen-bond acceptors (Lipinski definition) is 3. The van der Waals surface area contributed by atoms with Crippen molar-refractivity contribution in [1.82, 2.24) is 15.5 Å². The van der Waals surface area contributed by atoms with Crippen LogP contribution in [0.3, 0.4) is 0 Å². The molecule has 6 heteroatoms. The van der Waals surface area contributed by atoms with Crippen LogP contribution in [0.4, 0.5) is 0 Å². The number of amides is 1. The van der Waals surface area contributed by atoms with Gasteiger partial charge >= 0.3 is 0 Å². The zero-order chi connectivity index (χ0) is 16.0. The number of hydrogen-bond donors (Lipinski definition) is 2. The highest BCUT2D eigenvalue weighted by molar-refractivity contribution is 5.85. The van der Waals surface area contributed by atoms with Crippen molar-refractivity contribution in [3.8, 4) is 0 Å². The Kier molecular flexibility index (Phi) is 10.6. The molecule has 2 unspecified atom stereocenters. The molecule has 0 aliphatic carbocycles. The highest BCUT2D eigenvalue weighted by Gasteiger charge is 2.36. The lowest BCUT2D eigenvalue weighted by atomic mass is 9.88. The average molecular weight is 376 g/mol. The Balaban J connectivity index is 0.00000264. The van der Waals surface area contributed by atoms with Gasteiger partial charge in [-0.3, -0.25) is 9.69 Å². The molecule has 24 heavy (non-hydrogen) atoms. The van der Waals surface area contributed by atoms with E-state index >= 15 is 0 Å². The van der Waals surface area contributed by atoms with Crippen LogP contribution in [0.25, 0.3) is 0 Å². The fourth-order valence-corrected chi connectivity index (χ4v) is 3.21. The van der Waals surface area contributed by atoms with Gasteiger partial charge in [0.05, 0.1) is 11.5 Å². The molecule has 4 nitrogen and oxygen atoms in total. The van der Waals surface area contributed by atoms with Crippen LogP contribution in [0.1, 0.15) is 38.8 Å². The number of benzene rings is 1. The molecule has 1 amide bonds. The zero-order valence-corrected chi connectivity index (χ0v) is 16.5. The molecule has 1 saturated heterocycles. The van der Waals surface area contributed by atoms with Crippen LogP contribution in [-0.2, 0) is 4.79 Å². The fourth-order valence-electron chi connectivity index (χ4n) is 3.21. The Morgan fingerprint density at radius 2 is 1.88 bits per heavy atom. The molecular weight excluding hydrogens is 345 g/mol. The van der Waals surface area contributed by atoms with Crippen LogP contribution in [-0.4, -0.2) is 43.5 Å². The van der Waals surface area contributed by atoms with E-state index in [1.807, 2.05) is 6.07 Å². The predicted octanol–water partition coefficient (Wildman–Crippen LogP) is 3.03. The molecule has 138 valence electrons. The molecule has 1 aromatic carbocycles. The lowest BCUT2D eigenvalue weighted by molar-refractivity contribution is -0.129. The SMILES string of the molecule is CCN(CC)C(CNC(=O)C1(C)CCNC1)c1ccccc1.Cl.Cl. The Morgan fingerprint density at radius 1 is 1.25 bits per heavy atom. The fraction of sp³-hybridized carbons (Fsp3) is 0.611. The minimum atomic E-state index is -0.259. The number of nitrogens with one attached hydrogen (secondary N) is 2. The Labute approximate surface area is 158 Å². The summed E-state index contributed by atoms with van der Waals surface area (Å²) in [6, 6.07) is 10.7. The third kappa shape index (κ3) is 5.62. The minimum absolute atomic E-state index is 0. The van der Waals surface area contributed by atoms with Crippen molar-refractivity contribution in [2.24, 2.45) is 5.41 Å². The van der Waals surface area contributed by atoms with Gasteiger partial charge in [0.2, 0.25) is 5.91 Å². The maximum absolute atomic E-state index is 12.5. The van der Waals surface area contributed by atoms with Crippen molar-refractivity contribution >= 4 is 30.7 Å². The Hall–Kier alpha value is -0.810. The first-order chi connectivity index (χ1) is 10.6. The first kappa shape index (κ1) is 23.2. The molecule has 1 fully saturated rings. The van der Waals surface area contributed by atoms with Gasteiger partial charge in [-0.2, -0.15) is 0 Å². The second kappa shape index (κ2) is 10.9. The number of halogens is 2. The number of rotatable bonds is 7. The van der Waals surface area contributed by atoms with Crippen LogP contribution in [0, 0.1) is 5.41 Å². The van der Waals surface area contributed by atoms with E-state index in [4.69, 9.17) is 0 Å². The largest absolute Gasteiger partial charge is 0.354 e. The molecule has 0 spiro atoms. The average Bonchev–Trinajstić information content (AvgIpc) is 3.00. The molecule has 1 aliphatic heterocycles. The predicted molar refractivity (Wildman–Crippen MR) is 105 cm³/mol. The number of nitrogens with zero attached hydrogens (tertiary/aromatic N) is 1. The molecule has 0 bridgehead atoms. The van der Waals surface area contributed by atoms with E-state index < -0.39 is 0 Å². The second-order valence-corrected chi connectivity index (χ2v) is 6.35. The highest BCUT2D eigenvalue weighted by Crippen LogP contribution is 2.25. The molecule has 1 aliphatic rings. The van der Waals surface area contributed by atoms with Crippen LogP contribution in [0.15, 0.2) is 30.3 Å². The Bertz CT molecular complexity index is 474. The Morgan fingerprint density at radius 3 is 2.38 bits per heavy atom. The molecule has 0 aromatic heterocycles. The van der Waals surface area contributed by atoms with Gasteiger partial charge in [-0.05, 0) is 38.5 Å². The summed E-state index contributed by atoms with van der Waals surface area (Å²) in [7, 11) is 0. The molecule has 1 heterocycles. The van der Waals surface area contributed by atoms with Crippen LogP contribution < -0.4 is 10.6 Å². The van der Waals surface area contributed by atoms with Crippen molar-refractivity contribution in [2.45, 2.75) is 33.2 Å². The standard InChI is InChI=1S/C18H29N3O.2ClH/c1-4-21(5-2)16(15-9-7-6-8-10-15)13-20-17(22)18(3)11-12-19-14-18;;/h6-10,16,19H,4-5,11-14H2,1-3H3,(H,20,22);2*1H. The summed E-state index contributed by atoms with van der Waals surface area (Å²) in [6.07, 6.45) is 0.917. The van der Waals surface area contributed by atoms with Crippen molar-refractivity contribution in [3.63, 3.8) is 0 Å². The van der Waals surface area contributed by atoms with Crippen LogP contribution in [0.2, 0.25) is 0 Å². The molecule has 2 rings (SSSR count). The first-order valence-corrected chi connectivity index (χ1v) is 8.38. The van der Waals surface area contributed by atoms with E-state index in [0.29, 0.717) is 6.54 Å². The van der Waals surface area contributed by atoms with Gasteiger partial charge in [0.25, 0.3) is 0 Å². The summed E-state index contributed by atoms with van der Waals surface area (Å²) in [5.41, 5.74) is 1.01. The van der Waals surface area contributed by atoms with Gasteiger partial charge in [-0.25, -0.2) is 0 Å². The summed E-state index contributed by atoms with van der Waals surface area (Å²) in [5.74, 6) is 0.172. The van der Waals surface area contributed by atoms with E-state index in [1.54, 1.807) is 0 Å². The molecule has 1 aromatic rings. The molecule has 2 atom stereocenters. The molecule has 0 radical (unpaired) electrons. The van der Waals surface area contributed by atoms with E-state index in [-0.39, 0.29) is 42.2 Å². The van der Waals surface area contributed by atoms with E-state index in [1.165, 1.54) is 5.56 Å². The second-order valence-electron chi connectivity index (χ2n) is 6.35. The van der Waals surface area contributed by atoms with Crippen LogP contribution in [0.5, 0.6) is 0 Å². The van der Waals surface area contributed by atoms with Gasteiger partial charge in [-0.1, -0.05) is 44.2 Å². The number of carbonyl (C=O) groups is 1. The molecule has 2 N–H and O–H groups in total. The normalized spacial score (nSPS) is 20.8. The quantitative estimate of drug-likeness (QED) is 0.769. The van der Waals surface area contributed by atoms with E-state index in [2.05, 4.69) is 60.6 Å². The summed E-state index contributed by atoms with van der Waals surface area (Å²) >= 11 is 0. The summed E-state index contributed by atoms with van der Waals surface area (Å²) in [5, 5.41) is 6.48. The highest BCUT2D eigenvalue weighted by atomic mass is 35.5. The van der Waals surface area contributed by atoms with Gasteiger partial charge in [-0.15, -0.1) is 24.8 Å². The van der Waals surface area contributed by atoms with Crippen molar-refractivity contribution in [3.05, 3.63) is 35.9 Å². The third-order valence-electron chi connectivity index (χ3n) is 4.81. The lowest BCUT2D eigenvalue weighted by Gasteiger charge is -2.31. The topological polar surface area (TPSA) is 44.4 Å². The minimum Gasteiger partial charge on any atom is -0.354 e. The monoisotopic (exact) mass is 375 g/mol. The number of carbonyl (C=O) groups excluding carboxylic acids is 1. The zero-order valence-electron chi connectivity index (χ0n) is 14.9. The first-order valence-electron chi connectivity index (χ1n) is 8.38. The summed E-state index contributed by atoms with van der Waals surface area (Å²) in [4.78, 5) is 14.9.